The van der Waals surface area contributed by atoms with Gasteiger partial charge in [0.15, 0.2) is 0 Å². The van der Waals surface area contributed by atoms with Gasteiger partial charge < -0.3 is 10.0 Å². The van der Waals surface area contributed by atoms with Gasteiger partial charge in [-0.15, -0.1) is 0 Å². The van der Waals surface area contributed by atoms with E-state index < -0.39 is 10.0 Å². The van der Waals surface area contributed by atoms with Crippen LogP contribution in [0, 0.1) is 11.8 Å². The highest BCUT2D eigenvalue weighted by Crippen LogP contribution is 2.30. The number of rotatable bonds is 5. The molecule has 1 saturated heterocycles. The zero-order valence-corrected chi connectivity index (χ0v) is 15.8. The summed E-state index contributed by atoms with van der Waals surface area (Å²) < 4.78 is 27.3. The van der Waals surface area contributed by atoms with Gasteiger partial charge in [0.2, 0.25) is 15.9 Å². The van der Waals surface area contributed by atoms with Crippen LogP contribution in [0.25, 0.3) is 0 Å². The van der Waals surface area contributed by atoms with Crippen LogP contribution in [0.2, 0.25) is 0 Å². The summed E-state index contributed by atoms with van der Waals surface area (Å²) in [6.45, 7) is 1.72. The normalized spacial score (nSPS) is 25.2. The van der Waals surface area contributed by atoms with Gasteiger partial charge in [0.05, 0.1) is 11.0 Å². The van der Waals surface area contributed by atoms with Crippen molar-refractivity contribution in [3.05, 3.63) is 30.3 Å². The van der Waals surface area contributed by atoms with E-state index in [4.69, 9.17) is 0 Å². The van der Waals surface area contributed by atoms with Crippen LogP contribution in [-0.2, 0) is 14.8 Å². The van der Waals surface area contributed by atoms with E-state index >= 15 is 0 Å². The minimum atomic E-state index is -3.46. The third kappa shape index (κ3) is 4.84. The molecular formula is C19H28N2O4S. The number of hydrogen-bond donors (Lipinski definition) is 2. The Morgan fingerprint density at radius 3 is 2.27 bits per heavy atom. The number of carbonyl (C=O) groups excluding carboxylic acids is 1. The van der Waals surface area contributed by atoms with Crippen LogP contribution in [0.4, 0.5) is 0 Å². The number of piperidine rings is 1. The molecular weight excluding hydrogens is 352 g/mol. The summed E-state index contributed by atoms with van der Waals surface area (Å²) >= 11 is 0. The number of amides is 1. The lowest BCUT2D eigenvalue weighted by molar-refractivity contribution is -0.138. The molecule has 2 aliphatic rings. The molecule has 1 aliphatic heterocycles. The van der Waals surface area contributed by atoms with Gasteiger partial charge in [-0.05, 0) is 56.6 Å². The second kappa shape index (κ2) is 8.50. The molecule has 1 aliphatic carbocycles. The lowest BCUT2D eigenvalue weighted by atomic mass is 9.81. The number of nitrogens with one attached hydrogen (secondary N) is 1. The first-order valence-electron chi connectivity index (χ1n) is 9.47. The first-order valence-corrected chi connectivity index (χ1v) is 11.0. The number of carbonyl (C=O) groups is 1. The number of hydrogen-bond acceptors (Lipinski definition) is 4. The van der Waals surface area contributed by atoms with Crippen LogP contribution in [0.1, 0.15) is 38.5 Å². The molecule has 0 bridgehead atoms. The summed E-state index contributed by atoms with van der Waals surface area (Å²) in [6, 6.07) is 8.40. The molecule has 26 heavy (non-hydrogen) atoms. The quantitative estimate of drug-likeness (QED) is 0.815. The van der Waals surface area contributed by atoms with E-state index in [-0.39, 0.29) is 28.7 Å². The van der Waals surface area contributed by atoms with Crippen molar-refractivity contribution in [3.63, 3.8) is 0 Å². The zero-order chi connectivity index (χ0) is 18.6. The van der Waals surface area contributed by atoms with E-state index in [9.17, 15) is 18.3 Å². The Balaban J connectivity index is 1.45. The van der Waals surface area contributed by atoms with Crippen LogP contribution in [0.15, 0.2) is 35.2 Å². The second-order valence-corrected chi connectivity index (χ2v) is 9.21. The molecule has 1 aromatic rings. The molecule has 0 aromatic heterocycles. The van der Waals surface area contributed by atoms with E-state index in [0.717, 1.165) is 25.7 Å². The maximum absolute atomic E-state index is 12.6. The Labute approximate surface area is 155 Å². The van der Waals surface area contributed by atoms with Crippen molar-refractivity contribution >= 4 is 15.9 Å². The maximum Gasteiger partial charge on any atom is 0.240 e. The predicted molar refractivity (Wildman–Crippen MR) is 98.9 cm³/mol. The van der Waals surface area contributed by atoms with E-state index in [1.54, 1.807) is 30.3 Å². The van der Waals surface area contributed by atoms with Crippen molar-refractivity contribution in [2.75, 3.05) is 19.6 Å². The summed E-state index contributed by atoms with van der Waals surface area (Å²) in [6.07, 6.45) is 4.43. The average molecular weight is 381 g/mol. The van der Waals surface area contributed by atoms with Crippen molar-refractivity contribution in [1.29, 1.82) is 0 Å². The highest BCUT2D eigenvalue weighted by molar-refractivity contribution is 7.89. The lowest BCUT2D eigenvalue weighted by Crippen LogP contribution is -2.44. The van der Waals surface area contributed by atoms with E-state index in [1.165, 1.54) is 0 Å². The molecule has 1 heterocycles. The second-order valence-electron chi connectivity index (χ2n) is 7.44. The van der Waals surface area contributed by atoms with Crippen LogP contribution < -0.4 is 4.72 Å². The van der Waals surface area contributed by atoms with Crippen molar-refractivity contribution in [3.8, 4) is 0 Å². The fraction of sp³-hybridized carbons (Fsp3) is 0.632. The molecule has 2 N–H and O–H groups in total. The Hall–Kier alpha value is -1.44. The minimum Gasteiger partial charge on any atom is -0.393 e. The molecule has 1 saturated carbocycles. The van der Waals surface area contributed by atoms with E-state index in [2.05, 4.69) is 4.72 Å². The third-order valence-corrected chi connectivity index (χ3v) is 7.03. The average Bonchev–Trinajstić information content (AvgIpc) is 2.68. The maximum atomic E-state index is 12.6. The molecule has 0 spiro atoms. The molecule has 3 rings (SSSR count). The van der Waals surface area contributed by atoms with E-state index in [0.29, 0.717) is 32.5 Å². The van der Waals surface area contributed by atoms with Gasteiger partial charge in [-0.25, -0.2) is 13.1 Å². The Bertz CT molecular complexity index is 692. The highest BCUT2D eigenvalue weighted by atomic mass is 32.2. The van der Waals surface area contributed by atoms with Crippen molar-refractivity contribution in [2.45, 2.75) is 49.5 Å². The molecule has 6 nitrogen and oxygen atoms in total. The largest absolute Gasteiger partial charge is 0.393 e. The first-order chi connectivity index (χ1) is 12.5. The van der Waals surface area contributed by atoms with Gasteiger partial charge in [-0.2, -0.15) is 0 Å². The summed E-state index contributed by atoms with van der Waals surface area (Å²) in [5, 5.41) is 9.57. The van der Waals surface area contributed by atoms with Crippen LogP contribution in [-0.4, -0.2) is 50.1 Å². The molecule has 144 valence electrons. The molecule has 2 fully saturated rings. The SMILES string of the molecule is O=C(C1CCC(CNS(=O)(=O)c2ccccc2)CC1)N1CCC(O)CC1. The van der Waals surface area contributed by atoms with E-state index in [1.807, 2.05) is 4.90 Å². The number of aliphatic hydroxyl groups excluding tert-OH is 1. The summed E-state index contributed by atoms with van der Waals surface area (Å²) in [5.41, 5.74) is 0. The first kappa shape index (κ1) is 19.3. The van der Waals surface area contributed by atoms with Crippen molar-refractivity contribution in [1.82, 2.24) is 9.62 Å². The fourth-order valence-electron chi connectivity index (χ4n) is 3.87. The number of nitrogens with zero attached hydrogens (tertiary/aromatic N) is 1. The summed E-state index contributed by atoms with van der Waals surface area (Å²) in [5.74, 6) is 0.535. The standard InChI is InChI=1S/C19H28N2O4S/c22-17-10-12-21(13-11-17)19(23)16-8-6-15(7-9-16)14-20-26(24,25)18-4-2-1-3-5-18/h1-5,15-17,20,22H,6-14H2. The highest BCUT2D eigenvalue weighted by Gasteiger charge is 2.31. The third-order valence-electron chi connectivity index (χ3n) is 5.59. The summed E-state index contributed by atoms with van der Waals surface area (Å²) in [7, 11) is -3.46. The molecule has 7 heteroatoms. The fourth-order valence-corrected chi connectivity index (χ4v) is 5.01. The number of likely N-dealkylation sites (tertiary alicyclic amines) is 1. The molecule has 0 atom stereocenters. The Kier molecular flexibility index (Phi) is 6.32. The lowest BCUT2D eigenvalue weighted by Gasteiger charge is -2.35. The van der Waals surface area contributed by atoms with Crippen LogP contribution in [0.5, 0.6) is 0 Å². The van der Waals surface area contributed by atoms with Gasteiger partial charge in [0, 0.05) is 25.6 Å². The van der Waals surface area contributed by atoms with Gasteiger partial charge in [0.25, 0.3) is 0 Å². The number of aliphatic hydroxyl groups is 1. The molecule has 1 amide bonds. The Morgan fingerprint density at radius 2 is 1.65 bits per heavy atom. The monoisotopic (exact) mass is 380 g/mol. The molecule has 1 aromatic carbocycles. The van der Waals surface area contributed by atoms with Crippen molar-refractivity contribution < 1.29 is 18.3 Å². The minimum absolute atomic E-state index is 0.0484. The van der Waals surface area contributed by atoms with Gasteiger partial charge >= 0.3 is 0 Å². The van der Waals surface area contributed by atoms with Crippen LogP contribution >= 0.6 is 0 Å². The molecule has 0 radical (unpaired) electrons. The van der Waals surface area contributed by atoms with Gasteiger partial charge in [-0.1, -0.05) is 18.2 Å². The molecule has 0 unspecified atom stereocenters. The smallest absolute Gasteiger partial charge is 0.240 e. The van der Waals surface area contributed by atoms with Gasteiger partial charge in [-0.3, -0.25) is 4.79 Å². The number of sulfonamides is 1. The van der Waals surface area contributed by atoms with Gasteiger partial charge in [0.1, 0.15) is 0 Å². The Morgan fingerprint density at radius 1 is 1.04 bits per heavy atom. The predicted octanol–water partition coefficient (Wildman–Crippen LogP) is 1.75. The van der Waals surface area contributed by atoms with Crippen molar-refractivity contribution in [2.24, 2.45) is 11.8 Å². The summed E-state index contributed by atoms with van der Waals surface area (Å²) in [4.78, 5) is 14.8. The number of benzene rings is 1. The topological polar surface area (TPSA) is 86.7 Å². The zero-order valence-electron chi connectivity index (χ0n) is 15.0. The van der Waals surface area contributed by atoms with Crippen LogP contribution in [0.3, 0.4) is 0 Å².